The quantitative estimate of drug-likeness (QED) is 0.729. The molecule has 2 heterocycles. The Bertz CT molecular complexity index is 368. The van der Waals surface area contributed by atoms with Crippen LogP contribution in [0.3, 0.4) is 0 Å². The lowest BCUT2D eigenvalue weighted by Gasteiger charge is -2.23. The molecule has 0 amide bonds. The smallest absolute Gasteiger partial charge is 0.358 e. The molecular weight excluding hydrogens is 196 g/mol. The largest absolute Gasteiger partial charge is 0.476 e. The minimum Gasteiger partial charge on any atom is -0.476 e. The summed E-state index contributed by atoms with van der Waals surface area (Å²) in [6.45, 7) is 3.61. The van der Waals surface area contributed by atoms with Gasteiger partial charge in [0.1, 0.15) is 0 Å². The molecule has 6 nitrogen and oxygen atoms in total. The van der Waals surface area contributed by atoms with Crippen LogP contribution in [0.4, 0.5) is 0 Å². The molecule has 1 aliphatic heterocycles. The highest BCUT2D eigenvalue weighted by Gasteiger charge is 2.22. The normalized spacial score (nSPS) is 21.5. The van der Waals surface area contributed by atoms with Gasteiger partial charge in [0.15, 0.2) is 5.69 Å². The molecule has 82 valence electrons. The van der Waals surface area contributed by atoms with E-state index in [0.29, 0.717) is 5.69 Å². The molecule has 1 atom stereocenters. The Morgan fingerprint density at radius 1 is 1.67 bits per heavy atom. The monoisotopic (exact) mass is 210 g/mol. The summed E-state index contributed by atoms with van der Waals surface area (Å²) in [7, 11) is 0. The maximum Gasteiger partial charge on any atom is 0.358 e. The third-order valence-electron chi connectivity index (χ3n) is 2.75. The van der Waals surface area contributed by atoms with Crippen LogP contribution in [0.5, 0.6) is 0 Å². The number of carboxylic acid groups (broad SMARTS) is 1. The van der Waals surface area contributed by atoms with E-state index in [-0.39, 0.29) is 11.7 Å². The molecule has 0 unspecified atom stereocenters. The lowest BCUT2D eigenvalue weighted by atomic mass is 10.1. The summed E-state index contributed by atoms with van der Waals surface area (Å²) in [6.07, 6.45) is 2.11. The Morgan fingerprint density at radius 3 is 3.00 bits per heavy atom. The number of nitrogens with zero attached hydrogens (tertiary/aromatic N) is 3. The van der Waals surface area contributed by atoms with Crippen molar-refractivity contribution in [2.75, 3.05) is 13.1 Å². The highest BCUT2D eigenvalue weighted by atomic mass is 16.4. The zero-order chi connectivity index (χ0) is 10.8. The summed E-state index contributed by atoms with van der Waals surface area (Å²) in [5.41, 5.74) is 0.691. The summed E-state index contributed by atoms with van der Waals surface area (Å²) in [5, 5.41) is 19.7. The zero-order valence-corrected chi connectivity index (χ0v) is 8.60. The van der Waals surface area contributed by atoms with E-state index in [0.717, 1.165) is 25.9 Å². The predicted octanol–water partition coefficient (Wildman–Crippen LogP) is 0.209. The predicted molar refractivity (Wildman–Crippen MR) is 52.9 cm³/mol. The van der Waals surface area contributed by atoms with Crippen molar-refractivity contribution in [1.29, 1.82) is 0 Å². The van der Waals surface area contributed by atoms with Gasteiger partial charge in [-0.2, -0.15) is 0 Å². The number of carboxylic acids is 1. The minimum atomic E-state index is -1.01. The maximum absolute atomic E-state index is 10.8. The molecule has 0 radical (unpaired) electrons. The molecule has 15 heavy (non-hydrogen) atoms. The van der Waals surface area contributed by atoms with Gasteiger partial charge in [0.25, 0.3) is 0 Å². The molecule has 1 aromatic rings. The van der Waals surface area contributed by atoms with Gasteiger partial charge < -0.3 is 10.4 Å². The number of aromatic carboxylic acids is 1. The molecule has 2 rings (SSSR count). The fraction of sp³-hybridized carbons (Fsp3) is 0.667. The molecule has 1 fully saturated rings. The van der Waals surface area contributed by atoms with E-state index in [1.54, 1.807) is 11.6 Å². The number of nitrogens with one attached hydrogen (secondary N) is 1. The summed E-state index contributed by atoms with van der Waals surface area (Å²) < 4.78 is 1.72. The van der Waals surface area contributed by atoms with Crippen molar-refractivity contribution in [1.82, 2.24) is 20.3 Å². The number of aromatic nitrogens is 3. The van der Waals surface area contributed by atoms with Gasteiger partial charge in [-0.05, 0) is 26.3 Å². The van der Waals surface area contributed by atoms with Crippen molar-refractivity contribution in [3.63, 3.8) is 0 Å². The van der Waals surface area contributed by atoms with E-state index in [9.17, 15) is 4.79 Å². The SMILES string of the molecule is Cc1c(C(=O)O)nnn1[C@H]1CCCNC1. The third kappa shape index (κ3) is 1.85. The summed E-state index contributed by atoms with van der Waals surface area (Å²) >= 11 is 0. The zero-order valence-electron chi connectivity index (χ0n) is 8.60. The van der Waals surface area contributed by atoms with Crippen molar-refractivity contribution in [2.24, 2.45) is 0 Å². The van der Waals surface area contributed by atoms with Crippen LogP contribution in [0, 0.1) is 6.92 Å². The van der Waals surface area contributed by atoms with Gasteiger partial charge in [-0.1, -0.05) is 5.21 Å². The first kappa shape index (κ1) is 10.1. The van der Waals surface area contributed by atoms with Crippen LogP contribution in [-0.4, -0.2) is 39.2 Å². The van der Waals surface area contributed by atoms with Crippen LogP contribution < -0.4 is 5.32 Å². The van der Waals surface area contributed by atoms with E-state index in [2.05, 4.69) is 15.6 Å². The van der Waals surface area contributed by atoms with Gasteiger partial charge in [-0.25, -0.2) is 9.48 Å². The Kier molecular flexibility index (Phi) is 2.68. The van der Waals surface area contributed by atoms with E-state index >= 15 is 0 Å². The molecule has 6 heteroatoms. The number of carbonyl (C=O) groups is 1. The van der Waals surface area contributed by atoms with Crippen LogP contribution in [-0.2, 0) is 0 Å². The van der Waals surface area contributed by atoms with Gasteiger partial charge in [-0.15, -0.1) is 5.10 Å². The molecule has 0 bridgehead atoms. The molecule has 1 saturated heterocycles. The summed E-state index contributed by atoms with van der Waals surface area (Å²) in [4.78, 5) is 10.8. The van der Waals surface area contributed by atoms with Crippen molar-refractivity contribution in [2.45, 2.75) is 25.8 Å². The molecule has 2 N–H and O–H groups in total. The molecule has 0 aliphatic carbocycles. The third-order valence-corrected chi connectivity index (χ3v) is 2.75. The lowest BCUT2D eigenvalue weighted by molar-refractivity contribution is 0.0689. The van der Waals surface area contributed by atoms with Gasteiger partial charge >= 0.3 is 5.97 Å². The van der Waals surface area contributed by atoms with E-state index < -0.39 is 5.97 Å². The molecule has 0 saturated carbocycles. The molecule has 1 aliphatic rings. The highest BCUT2D eigenvalue weighted by molar-refractivity contribution is 5.86. The lowest BCUT2D eigenvalue weighted by Crippen LogP contribution is -2.32. The Labute approximate surface area is 87.3 Å². The molecular formula is C9H14N4O2. The van der Waals surface area contributed by atoms with Gasteiger partial charge in [-0.3, -0.25) is 0 Å². The molecule has 0 spiro atoms. The van der Waals surface area contributed by atoms with Gasteiger partial charge in [0.05, 0.1) is 11.7 Å². The first-order chi connectivity index (χ1) is 7.20. The second-order valence-corrected chi connectivity index (χ2v) is 3.77. The fourth-order valence-electron chi connectivity index (χ4n) is 1.93. The molecule has 1 aromatic heterocycles. The van der Waals surface area contributed by atoms with E-state index in [4.69, 9.17) is 5.11 Å². The van der Waals surface area contributed by atoms with E-state index in [1.165, 1.54) is 0 Å². The van der Waals surface area contributed by atoms with Crippen molar-refractivity contribution < 1.29 is 9.90 Å². The summed E-state index contributed by atoms with van der Waals surface area (Å²) in [5.74, 6) is -1.01. The van der Waals surface area contributed by atoms with Gasteiger partial charge in [0.2, 0.25) is 0 Å². The first-order valence-corrected chi connectivity index (χ1v) is 5.06. The fourth-order valence-corrected chi connectivity index (χ4v) is 1.93. The number of hydrogen-bond donors (Lipinski definition) is 2. The average molecular weight is 210 g/mol. The van der Waals surface area contributed by atoms with Crippen LogP contribution in [0.25, 0.3) is 0 Å². The minimum absolute atomic E-state index is 0.0561. The number of hydrogen-bond acceptors (Lipinski definition) is 4. The molecule has 0 aromatic carbocycles. The number of piperidine rings is 1. The maximum atomic E-state index is 10.8. The van der Waals surface area contributed by atoms with Crippen molar-refractivity contribution in [3.05, 3.63) is 11.4 Å². The Morgan fingerprint density at radius 2 is 2.47 bits per heavy atom. The average Bonchev–Trinajstić information content (AvgIpc) is 2.61. The van der Waals surface area contributed by atoms with Crippen LogP contribution in [0.1, 0.15) is 35.1 Å². The number of rotatable bonds is 2. The van der Waals surface area contributed by atoms with Crippen LogP contribution in [0.15, 0.2) is 0 Å². The second-order valence-electron chi connectivity index (χ2n) is 3.77. The van der Waals surface area contributed by atoms with Crippen LogP contribution in [0.2, 0.25) is 0 Å². The van der Waals surface area contributed by atoms with Crippen molar-refractivity contribution >= 4 is 5.97 Å². The van der Waals surface area contributed by atoms with Crippen molar-refractivity contribution in [3.8, 4) is 0 Å². The first-order valence-electron chi connectivity index (χ1n) is 5.06. The second kappa shape index (κ2) is 3.98. The topological polar surface area (TPSA) is 80.0 Å². The van der Waals surface area contributed by atoms with Gasteiger partial charge in [0, 0.05) is 6.54 Å². The Balaban J connectivity index is 2.24. The standard InChI is InChI=1S/C9H14N4O2/c1-6-8(9(14)15)11-12-13(6)7-3-2-4-10-5-7/h7,10H,2-5H2,1H3,(H,14,15)/t7-/m0/s1. The highest BCUT2D eigenvalue weighted by Crippen LogP contribution is 2.18. The summed E-state index contributed by atoms with van der Waals surface area (Å²) in [6, 6.07) is 0.236. The van der Waals surface area contributed by atoms with Crippen LogP contribution >= 0.6 is 0 Å². The van der Waals surface area contributed by atoms with E-state index in [1.807, 2.05) is 0 Å². The Hall–Kier alpha value is -1.43.